The van der Waals surface area contributed by atoms with Gasteiger partial charge in [0.2, 0.25) is 0 Å². The minimum Gasteiger partial charge on any atom is -0.464 e. The largest absolute Gasteiger partial charge is 0.464 e. The van der Waals surface area contributed by atoms with E-state index in [0.717, 1.165) is 29.1 Å². The monoisotopic (exact) mass is 247 g/mol. The van der Waals surface area contributed by atoms with Crippen molar-refractivity contribution in [2.75, 3.05) is 7.05 Å². The highest BCUT2D eigenvalue weighted by Gasteiger charge is 2.18. The highest BCUT2D eigenvalue weighted by atomic mass is 19.1. The molecule has 0 aliphatic carbocycles. The molecule has 96 valence electrons. The van der Waals surface area contributed by atoms with Gasteiger partial charge in [0.1, 0.15) is 17.3 Å². The maximum Gasteiger partial charge on any atom is 0.125 e. The molecule has 0 aliphatic rings. The fourth-order valence-corrected chi connectivity index (χ4v) is 2.11. The Hall–Kier alpha value is -1.61. The summed E-state index contributed by atoms with van der Waals surface area (Å²) >= 11 is 0. The van der Waals surface area contributed by atoms with Gasteiger partial charge in [0.15, 0.2) is 0 Å². The third-order valence-corrected chi connectivity index (χ3v) is 3.16. The molecule has 18 heavy (non-hydrogen) atoms. The van der Waals surface area contributed by atoms with Crippen molar-refractivity contribution in [1.29, 1.82) is 0 Å². The average molecular weight is 247 g/mol. The topological polar surface area (TPSA) is 25.2 Å². The van der Waals surface area contributed by atoms with Crippen molar-refractivity contribution < 1.29 is 8.81 Å². The van der Waals surface area contributed by atoms with Crippen LogP contribution in [-0.2, 0) is 6.42 Å². The van der Waals surface area contributed by atoms with Crippen molar-refractivity contribution in [2.24, 2.45) is 0 Å². The molecule has 1 atom stereocenters. The molecule has 1 unspecified atom stereocenters. The Labute approximate surface area is 107 Å². The van der Waals surface area contributed by atoms with Gasteiger partial charge < -0.3 is 9.73 Å². The quantitative estimate of drug-likeness (QED) is 0.893. The van der Waals surface area contributed by atoms with Gasteiger partial charge in [0, 0.05) is 6.42 Å². The van der Waals surface area contributed by atoms with Gasteiger partial charge in [-0.15, -0.1) is 0 Å². The molecule has 1 heterocycles. The Bertz CT molecular complexity index is 533. The molecule has 0 aliphatic heterocycles. The van der Waals surface area contributed by atoms with Gasteiger partial charge >= 0.3 is 0 Å². The van der Waals surface area contributed by atoms with Gasteiger partial charge in [0.05, 0.1) is 6.04 Å². The number of halogens is 1. The van der Waals surface area contributed by atoms with E-state index in [0.29, 0.717) is 0 Å². The van der Waals surface area contributed by atoms with E-state index in [1.165, 1.54) is 6.07 Å². The van der Waals surface area contributed by atoms with Crippen molar-refractivity contribution in [1.82, 2.24) is 5.32 Å². The third kappa shape index (κ3) is 2.46. The maximum atomic E-state index is 13.4. The van der Waals surface area contributed by atoms with Crippen LogP contribution in [0.25, 0.3) is 0 Å². The van der Waals surface area contributed by atoms with Gasteiger partial charge in [-0.1, -0.05) is 13.0 Å². The molecule has 3 heteroatoms. The van der Waals surface area contributed by atoms with Gasteiger partial charge in [-0.05, 0) is 49.4 Å². The molecule has 0 spiro atoms. The van der Waals surface area contributed by atoms with Crippen LogP contribution in [0.4, 0.5) is 4.39 Å². The number of benzene rings is 1. The molecule has 0 fully saturated rings. The molecule has 2 rings (SSSR count). The third-order valence-electron chi connectivity index (χ3n) is 3.16. The summed E-state index contributed by atoms with van der Waals surface area (Å²) in [6.45, 7) is 4.02. The Morgan fingerprint density at radius 3 is 2.67 bits per heavy atom. The Balaban J connectivity index is 2.41. The average Bonchev–Trinajstić information content (AvgIpc) is 2.83. The molecule has 0 saturated carbocycles. The zero-order valence-corrected chi connectivity index (χ0v) is 11.0. The van der Waals surface area contributed by atoms with Crippen LogP contribution < -0.4 is 5.32 Å². The second kappa shape index (κ2) is 5.36. The minimum atomic E-state index is -0.224. The van der Waals surface area contributed by atoms with Crippen molar-refractivity contribution in [2.45, 2.75) is 26.3 Å². The summed E-state index contributed by atoms with van der Waals surface area (Å²) in [5.74, 6) is 1.54. The summed E-state index contributed by atoms with van der Waals surface area (Å²) in [6.07, 6.45) is 0.860. The van der Waals surface area contributed by atoms with Crippen LogP contribution in [-0.4, -0.2) is 7.05 Å². The lowest BCUT2D eigenvalue weighted by atomic mass is 9.99. The second-order valence-electron chi connectivity index (χ2n) is 4.38. The Morgan fingerprint density at radius 1 is 1.28 bits per heavy atom. The summed E-state index contributed by atoms with van der Waals surface area (Å²) in [7, 11) is 1.85. The van der Waals surface area contributed by atoms with Crippen molar-refractivity contribution in [3.8, 4) is 0 Å². The van der Waals surface area contributed by atoms with E-state index in [4.69, 9.17) is 4.42 Å². The van der Waals surface area contributed by atoms with Crippen molar-refractivity contribution in [3.63, 3.8) is 0 Å². The lowest BCUT2D eigenvalue weighted by molar-refractivity contribution is 0.432. The van der Waals surface area contributed by atoms with E-state index >= 15 is 0 Å². The van der Waals surface area contributed by atoms with Crippen LogP contribution in [0.5, 0.6) is 0 Å². The summed E-state index contributed by atoms with van der Waals surface area (Å²) in [5.41, 5.74) is 1.96. The lowest BCUT2D eigenvalue weighted by Gasteiger charge is -2.16. The summed E-state index contributed by atoms with van der Waals surface area (Å²) in [5, 5.41) is 3.18. The first-order chi connectivity index (χ1) is 8.65. The molecule has 0 saturated heterocycles. The molecule has 0 bridgehead atoms. The maximum absolute atomic E-state index is 13.4. The first kappa shape index (κ1) is 12.8. The van der Waals surface area contributed by atoms with Gasteiger partial charge in [-0.3, -0.25) is 0 Å². The van der Waals surface area contributed by atoms with Crippen LogP contribution in [0.1, 0.15) is 35.6 Å². The molecule has 2 nitrogen and oxygen atoms in total. The molecule has 2 aromatic rings. The molecular formula is C15H18FNO. The smallest absolute Gasteiger partial charge is 0.125 e. The zero-order chi connectivity index (χ0) is 13.1. The molecular weight excluding hydrogens is 229 g/mol. The lowest BCUT2D eigenvalue weighted by Crippen LogP contribution is -2.18. The molecule has 1 aromatic heterocycles. The molecule has 1 N–H and O–H groups in total. The van der Waals surface area contributed by atoms with Crippen molar-refractivity contribution >= 4 is 0 Å². The first-order valence-electron chi connectivity index (χ1n) is 6.17. The van der Waals surface area contributed by atoms with E-state index in [9.17, 15) is 4.39 Å². The number of rotatable bonds is 4. The van der Waals surface area contributed by atoms with Crippen LogP contribution in [0.3, 0.4) is 0 Å². The zero-order valence-electron chi connectivity index (χ0n) is 11.0. The Morgan fingerprint density at radius 2 is 2.06 bits per heavy atom. The fraction of sp³-hybridized carbons (Fsp3) is 0.333. The number of hydrogen-bond acceptors (Lipinski definition) is 2. The predicted molar refractivity (Wildman–Crippen MR) is 70.1 cm³/mol. The van der Waals surface area contributed by atoms with E-state index < -0.39 is 0 Å². The van der Waals surface area contributed by atoms with E-state index in [1.807, 2.05) is 33.0 Å². The van der Waals surface area contributed by atoms with E-state index in [1.54, 1.807) is 12.1 Å². The standard InChI is InChI=1S/C15H18FNO/c1-4-12-7-8-14(18-12)15(17-3)13-9-11(16)6-5-10(13)2/h5-9,15,17H,4H2,1-3H3. The molecule has 0 amide bonds. The number of aryl methyl sites for hydroxylation is 2. The van der Waals surface area contributed by atoms with Crippen LogP contribution in [0.15, 0.2) is 34.7 Å². The number of hydrogen-bond donors (Lipinski definition) is 1. The highest BCUT2D eigenvalue weighted by molar-refractivity contribution is 5.34. The summed E-state index contributed by atoms with van der Waals surface area (Å²) in [4.78, 5) is 0. The summed E-state index contributed by atoms with van der Waals surface area (Å²) in [6, 6.07) is 8.63. The SMILES string of the molecule is CCc1ccc(C(NC)c2cc(F)ccc2C)o1. The van der Waals surface area contributed by atoms with Gasteiger partial charge in [-0.25, -0.2) is 4.39 Å². The van der Waals surface area contributed by atoms with Crippen LogP contribution in [0, 0.1) is 12.7 Å². The van der Waals surface area contributed by atoms with E-state index in [2.05, 4.69) is 5.32 Å². The van der Waals surface area contributed by atoms with Crippen molar-refractivity contribution in [3.05, 3.63) is 58.8 Å². The number of furan rings is 1. The second-order valence-corrected chi connectivity index (χ2v) is 4.38. The van der Waals surface area contributed by atoms with Gasteiger partial charge in [0.25, 0.3) is 0 Å². The van der Waals surface area contributed by atoms with Crippen LogP contribution >= 0.6 is 0 Å². The molecule has 1 aromatic carbocycles. The number of nitrogens with one attached hydrogen (secondary N) is 1. The fourth-order valence-electron chi connectivity index (χ4n) is 2.11. The Kier molecular flexibility index (Phi) is 3.82. The van der Waals surface area contributed by atoms with Crippen LogP contribution in [0.2, 0.25) is 0 Å². The highest BCUT2D eigenvalue weighted by Crippen LogP contribution is 2.27. The minimum absolute atomic E-state index is 0.110. The molecule has 0 radical (unpaired) electrons. The van der Waals surface area contributed by atoms with Gasteiger partial charge in [-0.2, -0.15) is 0 Å². The summed E-state index contributed by atoms with van der Waals surface area (Å²) < 4.78 is 19.1. The predicted octanol–water partition coefficient (Wildman–Crippen LogP) is 3.60. The normalized spacial score (nSPS) is 12.7. The van der Waals surface area contributed by atoms with E-state index in [-0.39, 0.29) is 11.9 Å². The first-order valence-corrected chi connectivity index (χ1v) is 6.17.